The second-order valence-electron chi connectivity index (χ2n) is 5.56. The molecule has 1 aliphatic carbocycles. The number of carbonyl (C=O) groups is 1. The molecule has 0 bridgehead atoms. The Labute approximate surface area is 125 Å². The lowest BCUT2D eigenvalue weighted by Crippen LogP contribution is -2.33. The second-order valence-corrected chi connectivity index (χ2v) is 5.56. The maximum atomic E-state index is 11.1. The molecule has 5 nitrogen and oxygen atoms in total. The topological polar surface area (TPSA) is 77.2 Å². The lowest BCUT2D eigenvalue weighted by molar-refractivity contribution is -0.140. The van der Waals surface area contributed by atoms with E-state index in [9.17, 15) is 10.1 Å². The summed E-state index contributed by atoms with van der Waals surface area (Å²) in [5, 5.41) is 18.5. The van der Waals surface area contributed by atoms with Gasteiger partial charge in [0.15, 0.2) is 0 Å². The first-order valence-electron chi connectivity index (χ1n) is 7.47. The molecule has 1 N–H and O–H groups in total. The van der Waals surface area contributed by atoms with E-state index in [4.69, 9.17) is 5.11 Å². The summed E-state index contributed by atoms with van der Waals surface area (Å²) in [6, 6.07) is 4.15. The SMILES string of the molecule is CCN(CC(C)C(=O)O)c1nc2c(cc1C#N)CCCC2. The van der Waals surface area contributed by atoms with Gasteiger partial charge in [-0.1, -0.05) is 6.92 Å². The molecule has 5 heteroatoms. The molecule has 112 valence electrons. The Morgan fingerprint density at radius 1 is 1.52 bits per heavy atom. The fourth-order valence-corrected chi connectivity index (χ4v) is 2.72. The standard InChI is InChI=1S/C16H21N3O2/c1-3-19(10-11(2)16(20)21)15-13(9-17)8-12-6-4-5-7-14(12)18-15/h8,11H,3-7,10H2,1-2H3,(H,20,21). The van der Waals surface area contributed by atoms with Crippen molar-refractivity contribution in [2.75, 3.05) is 18.0 Å². The van der Waals surface area contributed by atoms with Gasteiger partial charge in [0.2, 0.25) is 0 Å². The van der Waals surface area contributed by atoms with Crippen molar-refractivity contribution >= 4 is 11.8 Å². The van der Waals surface area contributed by atoms with Gasteiger partial charge in [0.25, 0.3) is 0 Å². The van der Waals surface area contributed by atoms with Crippen LogP contribution in [0.1, 0.15) is 43.5 Å². The summed E-state index contributed by atoms with van der Waals surface area (Å²) in [5.74, 6) is -0.687. The Morgan fingerprint density at radius 3 is 2.86 bits per heavy atom. The lowest BCUT2D eigenvalue weighted by Gasteiger charge is -2.27. The summed E-state index contributed by atoms with van der Waals surface area (Å²) >= 11 is 0. The van der Waals surface area contributed by atoms with Crippen molar-refractivity contribution in [2.24, 2.45) is 5.92 Å². The molecule has 0 aromatic carbocycles. The second kappa shape index (κ2) is 6.57. The van der Waals surface area contributed by atoms with Gasteiger partial charge in [0.05, 0.1) is 11.5 Å². The van der Waals surface area contributed by atoms with E-state index in [1.807, 2.05) is 17.9 Å². The van der Waals surface area contributed by atoms with Crippen LogP contribution in [0.3, 0.4) is 0 Å². The average molecular weight is 287 g/mol. The predicted octanol–water partition coefficient (Wildman–Crippen LogP) is 2.38. The van der Waals surface area contributed by atoms with Crippen molar-refractivity contribution in [3.05, 3.63) is 22.9 Å². The summed E-state index contributed by atoms with van der Waals surface area (Å²) in [4.78, 5) is 17.6. The predicted molar refractivity (Wildman–Crippen MR) is 80.3 cm³/mol. The van der Waals surface area contributed by atoms with Gasteiger partial charge in [-0.3, -0.25) is 4.79 Å². The van der Waals surface area contributed by atoms with Gasteiger partial charge < -0.3 is 10.0 Å². The quantitative estimate of drug-likeness (QED) is 0.899. The van der Waals surface area contributed by atoms with Crippen molar-refractivity contribution in [3.8, 4) is 6.07 Å². The van der Waals surface area contributed by atoms with Crippen LogP contribution in [-0.2, 0) is 17.6 Å². The van der Waals surface area contributed by atoms with Crippen LogP contribution in [0.15, 0.2) is 6.07 Å². The molecule has 1 unspecified atom stereocenters. The Hall–Kier alpha value is -2.09. The molecule has 0 aliphatic heterocycles. The average Bonchev–Trinajstić information content (AvgIpc) is 2.50. The number of anilines is 1. The molecule has 0 amide bonds. The molecule has 0 fully saturated rings. The molecule has 0 spiro atoms. The molecule has 0 saturated carbocycles. The Kier molecular flexibility index (Phi) is 4.79. The summed E-state index contributed by atoms with van der Waals surface area (Å²) in [6.45, 7) is 4.64. The molecular weight excluding hydrogens is 266 g/mol. The highest BCUT2D eigenvalue weighted by Gasteiger charge is 2.21. The van der Waals surface area contributed by atoms with E-state index in [2.05, 4.69) is 11.1 Å². The van der Waals surface area contributed by atoms with Crippen molar-refractivity contribution in [3.63, 3.8) is 0 Å². The summed E-state index contributed by atoms with van der Waals surface area (Å²) in [6.07, 6.45) is 4.20. The molecule has 21 heavy (non-hydrogen) atoms. The number of nitriles is 1. The van der Waals surface area contributed by atoms with Crippen LogP contribution in [0, 0.1) is 17.2 Å². The minimum atomic E-state index is -0.829. The fraction of sp³-hybridized carbons (Fsp3) is 0.562. The third-order valence-corrected chi connectivity index (χ3v) is 4.00. The lowest BCUT2D eigenvalue weighted by atomic mass is 9.94. The Bertz CT molecular complexity index is 578. The number of hydrogen-bond acceptors (Lipinski definition) is 4. The van der Waals surface area contributed by atoms with Gasteiger partial charge in [-0.2, -0.15) is 5.26 Å². The van der Waals surface area contributed by atoms with Crippen molar-refractivity contribution < 1.29 is 9.90 Å². The van der Waals surface area contributed by atoms with E-state index in [1.165, 1.54) is 5.56 Å². The molecule has 2 rings (SSSR count). The number of fused-ring (bicyclic) bond motifs is 1. The molecular formula is C16H21N3O2. The highest BCUT2D eigenvalue weighted by molar-refractivity contribution is 5.70. The number of aryl methyl sites for hydroxylation is 2. The van der Waals surface area contributed by atoms with Gasteiger partial charge in [0, 0.05) is 18.8 Å². The van der Waals surface area contributed by atoms with E-state index in [1.54, 1.807) is 6.92 Å². The van der Waals surface area contributed by atoms with E-state index in [0.29, 0.717) is 24.5 Å². The molecule has 1 aromatic rings. The maximum absolute atomic E-state index is 11.1. The van der Waals surface area contributed by atoms with Crippen molar-refractivity contribution in [2.45, 2.75) is 39.5 Å². The number of aromatic nitrogens is 1. The first kappa shape index (κ1) is 15.3. The van der Waals surface area contributed by atoms with Gasteiger partial charge in [0.1, 0.15) is 11.9 Å². The minimum Gasteiger partial charge on any atom is -0.481 e. The molecule has 1 aliphatic rings. The van der Waals surface area contributed by atoms with Crippen LogP contribution in [0.25, 0.3) is 0 Å². The number of rotatable bonds is 5. The van der Waals surface area contributed by atoms with E-state index >= 15 is 0 Å². The number of carboxylic acid groups (broad SMARTS) is 1. The van der Waals surface area contributed by atoms with Crippen LogP contribution in [0.2, 0.25) is 0 Å². The van der Waals surface area contributed by atoms with Crippen LogP contribution >= 0.6 is 0 Å². The summed E-state index contributed by atoms with van der Waals surface area (Å²) in [7, 11) is 0. The first-order valence-corrected chi connectivity index (χ1v) is 7.47. The summed E-state index contributed by atoms with van der Waals surface area (Å²) in [5.41, 5.74) is 2.79. The van der Waals surface area contributed by atoms with E-state index in [-0.39, 0.29) is 0 Å². The monoisotopic (exact) mass is 287 g/mol. The van der Waals surface area contributed by atoms with Crippen molar-refractivity contribution in [1.82, 2.24) is 4.98 Å². The number of pyridine rings is 1. The number of hydrogen-bond donors (Lipinski definition) is 1. The first-order chi connectivity index (χ1) is 10.1. The highest BCUT2D eigenvalue weighted by Crippen LogP contribution is 2.26. The van der Waals surface area contributed by atoms with Crippen molar-refractivity contribution in [1.29, 1.82) is 5.26 Å². The molecule has 1 aromatic heterocycles. The van der Waals surface area contributed by atoms with Crippen LogP contribution in [0.4, 0.5) is 5.82 Å². The minimum absolute atomic E-state index is 0.367. The zero-order chi connectivity index (χ0) is 15.4. The molecule has 0 radical (unpaired) electrons. The van der Waals surface area contributed by atoms with Gasteiger partial charge >= 0.3 is 5.97 Å². The largest absolute Gasteiger partial charge is 0.481 e. The zero-order valence-corrected chi connectivity index (χ0v) is 12.6. The smallest absolute Gasteiger partial charge is 0.308 e. The normalized spacial score (nSPS) is 14.9. The third-order valence-electron chi connectivity index (χ3n) is 4.00. The fourth-order valence-electron chi connectivity index (χ4n) is 2.72. The highest BCUT2D eigenvalue weighted by atomic mass is 16.4. The van der Waals surface area contributed by atoms with Gasteiger partial charge in [-0.15, -0.1) is 0 Å². The van der Waals surface area contributed by atoms with E-state index in [0.717, 1.165) is 31.4 Å². The molecule has 1 atom stereocenters. The zero-order valence-electron chi connectivity index (χ0n) is 12.6. The summed E-state index contributed by atoms with van der Waals surface area (Å²) < 4.78 is 0. The van der Waals surface area contributed by atoms with E-state index < -0.39 is 11.9 Å². The number of nitrogens with zero attached hydrogens (tertiary/aromatic N) is 3. The maximum Gasteiger partial charge on any atom is 0.308 e. The van der Waals surface area contributed by atoms with Gasteiger partial charge in [-0.25, -0.2) is 4.98 Å². The Morgan fingerprint density at radius 2 is 2.24 bits per heavy atom. The van der Waals surface area contributed by atoms with Gasteiger partial charge in [-0.05, 0) is 44.2 Å². The number of aliphatic carboxylic acids is 1. The number of carboxylic acids is 1. The molecule has 1 heterocycles. The Balaban J connectivity index is 2.36. The molecule has 0 saturated heterocycles. The van der Waals surface area contributed by atoms with Crippen LogP contribution in [-0.4, -0.2) is 29.1 Å². The third kappa shape index (κ3) is 3.33. The van der Waals surface area contributed by atoms with Crippen LogP contribution < -0.4 is 4.90 Å². The van der Waals surface area contributed by atoms with Crippen LogP contribution in [0.5, 0.6) is 0 Å².